The van der Waals surface area contributed by atoms with Crippen LogP contribution >= 0.6 is 23.2 Å². The van der Waals surface area contributed by atoms with Gasteiger partial charge in [-0.15, -0.1) is 0 Å². The molecule has 1 saturated heterocycles. The maximum absolute atomic E-state index is 13.1. The molecule has 1 aromatic carbocycles. The Kier molecular flexibility index (Phi) is 8.82. The van der Waals surface area contributed by atoms with Crippen molar-refractivity contribution in [3.63, 3.8) is 0 Å². The van der Waals surface area contributed by atoms with Crippen molar-refractivity contribution in [2.45, 2.75) is 51.1 Å². The highest BCUT2D eigenvalue weighted by Gasteiger charge is 2.41. The van der Waals surface area contributed by atoms with Gasteiger partial charge in [0, 0.05) is 24.5 Å². The van der Waals surface area contributed by atoms with Gasteiger partial charge in [-0.1, -0.05) is 48.2 Å². The van der Waals surface area contributed by atoms with Crippen molar-refractivity contribution < 1.29 is 19.1 Å². The van der Waals surface area contributed by atoms with E-state index in [1.54, 1.807) is 31.2 Å². The molecule has 3 N–H and O–H groups in total. The summed E-state index contributed by atoms with van der Waals surface area (Å²) in [5, 5.41) is 9.34. The number of pyridine rings is 1. The fourth-order valence-corrected chi connectivity index (χ4v) is 5.66. The number of aromatic nitrogens is 1. The number of carbonyl (C=O) groups excluding carboxylic acids is 3. The summed E-state index contributed by atoms with van der Waals surface area (Å²) in [5.74, 6) is -0.246. The number of halogens is 2. The molecule has 4 rings (SSSR count). The van der Waals surface area contributed by atoms with E-state index >= 15 is 0 Å². The van der Waals surface area contributed by atoms with Crippen molar-refractivity contribution >= 4 is 46.7 Å². The number of carbonyl (C=O) groups is 3. The first-order valence-corrected chi connectivity index (χ1v) is 13.0. The molecule has 0 radical (unpaired) electrons. The third kappa shape index (κ3) is 6.17. The van der Waals surface area contributed by atoms with E-state index in [9.17, 15) is 14.4 Å². The zero-order valence-corrected chi connectivity index (χ0v) is 21.6. The molecule has 2 heterocycles. The Hall–Kier alpha value is -2.68. The summed E-state index contributed by atoms with van der Waals surface area (Å²) >= 11 is 12.1. The van der Waals surface area contributed by atoms with Gasteiger partial charge in [-0.25, -0.2) is 4.79 Å². The normalized spacial score (nSPS) is 21.8. The lowest BCUT2D eigenvalue weighted by Gasteiger charge is -2.28. The van der Waals surface area contributed by atoms with Gasteiger partial charge in [0.1, 0.15) is 6.04 Å². The largest absolute Gasteiger partial charge is 0.464 e. The van der Waals surface area contributed by atoms with Crippen molar-refractivity contribution in [2.24, 2.45) is 11.8 Å². The van der Waals surface area contributed by atoms with E-state index in [-0.39, 0.29) is 40.6 Å². The summed E-state index contributed by atoms with van der Waals surface area (Å²) in [7, 11) is 0. The molecule has 0 spiro atoms. The van der Waals surface area contributed by atoms with Gasteiger partial charge in [-0.3, -0.25) is 14.6 Å². The van der Waals surface area contributed by atoms with Crippen LogP contribution in [0.15, 0.2) is 36.7 Å². The van der Waals surface area contributed by atoms with E-state index in [0.29, 0.717) is 17.5 Å². The van der Waals surface area contributed by atoms with Gasteiger partial charge < -0.3 is 20.7 Å². The molecule has 1 aromatic heterocycles. The number of hydrogen-bond acceptors (Lipinski definition) is 6. The fraction of sp³-hybridized carbons (Fsp3) is 0.462. The van der Waals surface area contributed by atoms with Gasteiger partial charge in [0.05, 0.1) is 28.3 Å². The quantitative estimate of drug-likeness (QED) is 0.443. The van der Waals surface area contributed by atoms with Gasteiger partial charge in [0.25, 0.3) is 5.91 Å². The minimum atomic E-state index is -0.809. The number of rotatable bonds is 8. The van der Waals surface area contributed by atoms with Crippen LogP contribution in [0.4, 0.5) is 5.69 Å². The Balaban J connectivity index is 1.41. The first-order valence-electron chi connectivity index (χ1n) is 12.3. The van der Waals surface area contributed by atoms with E-state index in [4.69, 9.17) is 27.9 Å². The first-order chi connectivity index (χ1) is 17.4. The van der Waals surface area contributed by atoms with Crippen molar-refractivity contribution in [3.8, 4) is 0 Å². The molecule has 36 heavy (non-hydrogen) atoms. The molecular formula is C26H30Cl2N4O4. The second-order valence-corrected chi connectivity index (χ2v) is 10.1. The minimum absolute atomic E-state index is 0.142. The predicted octanol–water partition coefficient (Wildman–Crippen LogP) is 4.01. The number of nitrogens with zero attached hydrogens (tertiary/aromatic N) is 1. The Morgan fingerprint density at radius 2 is 1.81 bits per heavy atom. The number of fused-ring (bicyclic) bond motifs is 1. The molecule has 1 aliphatic carbocycles. The molecule has 1 saturated carbocycles. The average Bonchev–Trinajstić information content (AvgIpc) is 3.29. The molecule has 2 fully saturated rings. The molecular weight excluding hydrogens is 503 g/mol. The molecule has 2 aromatic rings. The van der Waals surface area contributed by atoms with Crippen LogP contribution in [0.3, 0.4) is 0 Å². The van der Waals surface area contributed by atoms with E-state index in [1.807, 2.05) is 0 Å². The fourth-order valence-electron chi connectivity index (χ4n) is 5.12. The molecule has 0 bridgehead atoms. The van der Waals surface area contributed by atoms with Crippen LogP contribution in [-0.2, 0) is 20.7 Å². The van der Waals surface area contributed by atoms with Crippen LogP contribution < -0.4 is 16.0 Å². The smallest absolute Gasteiger partial charge is 0.328 e. The van der Waals surface area contributed by atoms with Crippen LogP contribution in [0.25, 0.3) is 0 Å². The SMILES string of the molecule is CCOC(=O)[C@@H](Cc1ccc(NC(=O)c2c(Cl)cncc2Cl)cc1)NC(=O)[C@H]1NCC2CCCCC21. The van der Waals surface area contributed by atoms with Gasteiger partial charge in [-0.05, 0) is 55.8 Å². The summed E-state index contributed by atoms with van der Waals surface area (Å²) in [6.07, 6.45) is 7.49. The minimum Gasteiger partial charge on any atom is -0.464 e. The summed E-state index contributed by atoms with van der Waals surface area (Å²) in [6.45, 7) is 2.80. The van der Waals surface area contributed by atoms with E-state index in [1.165, 1.54) is 18.8 Å². The molecule has 1 aliphatic heterocycles. The topological polar surface area (TPSA) is 109 Å². The van der Waals surface area contributed by atoms with Crippen molar-refractivity contribution in [2.75, 3.05) is 18.5 Å². The molecule has 4 atom stereocenters. The average molecular weight is 533 g/mol. The molecule has 2 amide bonds. The van der Waals surface area contributed by atoms with Crippen LogP contribution in [0.5, 0.6) is 0 Å². The Labute approximate surface area is 220 Å². The number of amides is 2. The van der Waals surface area contributed by atoms with Crippen LogP contribution in [0.1, 0.15) is 48.5 Å². The standard InChI is InChI=1S/C26H30Cl2N4O4/c1-2-36-26(35)21(32-25(34)23-18-6-4-3-5-16(18)12-30-23)11-15-7-9-17(10-8-15)31-24(33)22-19(27)13-29-14-20(22)28/h7-10,13-14,16,18,21,23,30H,2-6,11-12H2,1H3,(H,31,33)(H,32,34)/t16?,18?,21-,23+/m1/s1. The van der Waals surface area contributed by atoms with Crippen LogP contribution in [0.2, 0.25) is 10.0 Å². The molecule has 10 heteroatoms. The number of benzene rings is 1. The zero-order chi connectivity index (χ0) is 25.7. The van der Waals surface area contributed by atoms with Gasteiger partial charge in [0.15, 0.2) is 0 Å². The zero-order valence-electron chi connectivity index (χ0n) is 20.1. The highest BCUT2D eigenvalue weighted by molar-refractivity contribution is 6.40. The van der Waals surface area contributed by atoms with Crippen LogP contribution in [-0.4, -0.2) is 48.0 Å². The van der Waals surface area contributed by atoms with Crippen molar-refractivity contribution in [3.05, 3.63) is 57.8 Å². The summed E-state index contributed by atoms with van der Waals surface area (Å²) in [5.41, 5.74) is 1.48. The third-order valence-corrected chi connectivity index (χ3v) is 7.47. The second-order valence-electron chi connectivity index (χ2n) is 9.24. The molecule has 8 nitrogen and oxygen atoms in total. The summed E-state index contributed by atoms with van der Waals surface area (Å²) in [6, 6.07) is 5.91. The van der Waals surface area contributed by atoms with Crippen molar-refractivity contribution in [1.29, 1.82) is 0 Å². The lowest BCUT2D eigenvalue weighted by Crippen LogP contribution is -2.51. The molecule has 2 aliphatic rings. The summed E-state index contributed by atoms with van der Waals surface area (Å²) < 4.78 is 5.23. The highest BCUT2D eigenvalue weighted by Crippen LogP contribution is 2.36. The van der Waals surface area contributed by atoms with Gasteiger partial charge >= 0.3 is 5.97 Å². The number of nitrogens with one attached hydrogen (secondary N) is 3. The number of hydrogen-bond donors (Lipinski definition) is 3. The Morgan fingerprint density at radius 1 is 1.11 bits per heavy atom. The highest BCUT2D eigenvalue weighted by atomic mass is 35.5. The van der Waals surface area contributed by atoms with Crippen LogP contribution in [0, 0.1) is 11.8 Å². The lowest BCUT2D eigenvalue weighted by atomic mass is 9.78. The number of anilines is 1. The lowest BCUT2D eigenvalue weighted by molar-refractivity contribution is -0.147. The van der Waals surface area contributed by atoms with E-state index in [0.717, 1.165) is 31.4 Å². The predicted molar refractivity (Wildman–Crippen MR) is 138 cm³/mol. The van der Waals surface area contributed by atoms with Gasteiger partial charge in [-0.2, -0.15) is 0 Å². The van der Waals surface area contributed by atoms with Crippen molar-refractivity contribution in [1.82, 2.24) is 15.6 Å². The van der Waals surface area contributed by atoms with E-state index in [2.05, 4.69) is 20.9 Å². The monoisotopic (exact) mass is 532 g/mol. The first kappa shape index (κ1) is 26.4. The molecule has 192 valence electrons. The maximum Gasteiger partial charge on any atom is 0.328 e. The summed E-state index contributed by atoms with van der Waals surface area (Å²) in [4.78, 5) is 42.2. The molecule has 2 unspecified atom stereocenters. The third-order valence-electron chi connectivity index (χ3n) is 6.90. The second kappa shape index (κ2) is 12.0. The van der Waals surface area contributed by atoms with E-state index < -0.39 is 17.9 Å². The Bertz CT molecular complexity index is 1090. The number of esters is 1. The number of ether oxygens (including phenoxy) is 1. The Morgan fingerprint density at radius 3 is 2.50 bits per heavy atom. The van der Waals surface area contributed by atoms with Gasteiger partial charge in [0.2, 0.25) is 5.91 Å². The maximum atomic E-state index is 13.1.